The largest absolute Gasteiger partial charge is 0.354 e. The van der Waals surface area contributed by atoms with Gasteiger partial charge in [0.2, 0.25) is 0 Å². The molecule has 0 aromatic heterocycles. The molecule has 2 aromatic rings. The first kappa shape index (κ1) is 28.1. The lowest BCUT2D eigenvalue weighted by molar-refractivity contribution is -0.936. The quantitative estimate of drug-likeness (QED) is 0.268. The summed E-state index contributed by atoms with van der Waals surface area (Å²) < 4.78 is 17.1. The van der Waals surface area contributed by atoms with Crippen molar-refractivity contribution in [2.75, 3.05) is 62.3 Å². The van der Waals surface area contributed by atoms with Crippen LogP contribution in [0.1, 0.15) is 36.8 Å². The fraction of sp³-hybridized carbons (Fsp3) is 0.545. The first-order valence-corrected chi connectivity index (χ1v) is 19.6. The summed E-state index contributed by atoms with van der Waals surface area (Å²) in [5.41, 5.74) is 9.30. The molecule has 4 bridgehead atoms. The Morgan fingerprint density at radius 3 is 1.60 bits per heavy atom. The highest BCUT2D eigenvalue weighted by Gasteiger charge is 2.80. The third-order valence-corrected chi connectivity index (χ3v) is 17.3. The second-order valence-corrected chi connectivity index (χ2v) is 18.1. The molecule has 6 heteroatoms. The van der Waals surface area contributed by atoms with Crippen LogP contribution in [0.25, 0.3) is 0 Å². The fourth-order valence-corrected chi connectivity index (χ4v) is 16.2. The Kier molecular flexibility index (Phi) is 5.01. The van der Waals surface area contributed by atoms with E-state index in [2.05, 4.69) is 82.3 Å². The van der Waals surface area contributed by atoms with Crippen LogP contribution in [0.4, 0.5) is 11.4 Å². The van der Waals surface area contributed by atoms with Crippen molar-refractivity contribution in [1.29, 1.82) is 0 Å². The van der Waals surface area contributed by atoms with Gasteiger partial charge in [-0.2, -0.15) is 0 Å². The van der Waals surface area contributed by atoms with Gasteiger partial charge in [0.25, 0.3) is 0 Å². The van der Waals surface area contributed by atoms with Crippen LogP contribution < -0.4 is 9.80 Å². The van der Waals surface area contributed by atoms with Gasteiger partial charge in [0.15, 0.2) is 0 Å². The van der Waals surface area contributed by atoms with Crippen molar-refractivity contribution in [2.45, 2.75) is 73.1 Å². The molecule has 9 heterocycles. The van der Waals surface area contributed by atoms with Crippen LogP contribution in [0, 0.1) is 48.4 Å². The van der Waals surface area contributed by atoms with Gasteiger partial charge in [-0.15, -0.1) is 12.8 Å². The van der Waals surface area contributed by atoms with E-state index in [1.54, 1.807) is 22.3 Å². The molecule has 2 saturated carbocycles. The summed E-state index contributed by atoms with van der Waals surface area (Å²) in [6, 6.07) is 20.8. The minimum absolute atomic E-state index is 0.00209. The average molecular weight is 663 g/mol. The summed E-state index contributed by atoms with van der Waals surface area (Å²) in [7, 11) is 0. The van der Waals surface area contributed by atoms with Crippen molar-refractivity contribution >= 4 is 11.4 Å². The minimum Gasteiger partial charge on any atom is -0.354 e. The first-order valence-electron chi connectivity index (χ1n) is 19.6. The van der Waals surface area contributed by atoms with Gasteiger partial charge < -0.3 is 28.2 Å². The maximum Gasteiger partial charge on any atom is 0.141 e. The van der Waals surface area contributed by atoms with Crippen LogP contribution in [-0.4, -0.2) is 98.1 Å². The predicted octanol–water partition coefficient (Wildman–Crippen LogP) is 4.56. The smallest absolute Gasteiger partial charge is 0.141 e. The summed E-state index contributed by atoms with van der Waals surface area (Å²) in [6.07, 6.45) is 22.3. The number of terminal acetylenes is 2. The van der Waals surface area contributed by atoms with Crippen LogP contribution in [0.15, 0.2) is 71.8 Å². The van der Waals surface area contributed by atoms with E-state index in [0.29, 0.717) is 61.1 Å². The van der Waals surface area contributed by atoms with Gasteiger partial charge >= 0.3 is 0 Å². The molecule has 9 aliphatic heterocycles. The number of anilines is 2. The number of para-hydroxylation sites is 2. The standard InChI is InChI=1S/C44H46N4O2/c1-3-17-47-19-15-43-31-9-5-7-11-33(31)45-39(43)37-29(23-35(43)47)27(25-47)13-21-49-41(37)46-34-12-8-6-10-32(34)44-16-20-48(18-4-2)26-28-14-22-50-42(45)38(40(44)46)30(28)24-36(44)48/h1-2,5-14,29-30,35-42H,15-26H2/q+2/t29-,30-,35-,36-,37+,38+,39-,40-,41+,42+,43+,44+,47-,48-/m0/s1. The van der Waals surface area contributed by atoms with Crippen LogP contribution in [-0.2, 0) is 20.3 Å². The second kappa shape index (κ2) is 8.91. The van der Waals surface area contributed by atoms with Gasteiger partial charge in [-0.05, 0) is 46.2 Å². The Morgan fingerprint density at radius 1 is 0.680 bits per heavy atom. The van der Waals surface area contributed by atoms with Gasteiger partial charge in [-0.3, -0.25) is 0 Å². The van der Waals surface area contributed by atoms with E-state index in [1.807, 2.05) is 0 Å². The Hall–Kier alpha value is -3.52. The lowest BCUT2D eigenvalue weighted by Gasteiger charge is -2.65. The zero-order valence-corrected chi connectivity index (χ0v) is 28.8. The van der Waals surface area contributed by atoms with Gasteiger partial charge in [-0.1, -0.05) is 48.6 Å². The van der Waals surface area contributed by atoms with Crippen molar-refractivity contribution in [1.82, 2.24) is 0 Å². The molecular formula is C44H46N4O2+2. The van der Waals surface area contributed by atoms with Crippen LogP contribution in [0.5, 0.6) is 0 Å². The Labute approximate surface area is 295 Å². The number of rotatable bonds is 2. The van der Waals surface area contributed by atoms with E-state index in [-0.39, 0.29) is 23.3 Å². The van der Waals surface area contributed by atoms with Crippen LogP contribution >= 0.6 is 0 Å². The summed E-state index contributed by atoms with van der Waals surface area (Å²) >= 11 is 0. The number of benzene rings is 2. The maximum atomic E-state index is 7.48. The maximum absolute atomic E-state index is 7.48. The predicted molar refractivity (Wildman–Crippen MR) is 192 cm³/mol. The molecule has 2 aromatic carbocycles. The molecule has 11 aliphatic rings. The van der Waals surface area contributed by atoms with Crippen molar-refractivity contribution in [3.63, 3.8) is 0 Å². The van der Waals surface area contributed by atoms with Crippen LogP contribution in [0.2, 0.25) is 0 Å². The number of nitrogens with zero attached hydrogens (tertiary/aromatic N) is 4. The molecule has 5 saturated heterocycles. The van der Waals surface area contributed by atoms with Crippen molar-refractivity contribution in [2.24, 2.45) is 23.7 Å². The Bertz CT molecular complexity index is 1910. The average Bonchev–Trinajstić information content (AvgIpc) is 3.75. The monoisotopic (exact) mass is 662 g/mol. The summed E-state index contributed by atoms with van der Waals surface area (Å²) in [5.74, 6) is 8.03. The molecule has 6 nitrogen and oxygen atoms in total. The summed E-state index contributed by atoms with van der Waals surface area (Å²) in [5, 5.41) is 0. The fourth-order valence-electron chi connectivity index (χ4n) is 16.2. The van der Waals surface area contributed by atoms with Gasteiger partial charge in [0.1, 0.15) is 50.7 Å². The number of fused-ring (bicyclic) bond motifs is 6. The van der Waals surface area contributed by atoms with Gasteiger partial charge in [0.05, 0.1) is 49.2 Å². The highest BCUT2D eigenvalue weighted by molar-refractivity contribution is 5.72. The molecule has 2 spiro atoms. The molecular weight excluding hydrogens is 617 g/mol. The van der Waals surface area contributed by atoms with E-state index in [1.165, 1.54) is 37.1 Å². The first-order chi connectivity index (χ1) is 24.6. The molecule has 0 unspecified atom stereocenters. The Morgan fingerprint density at radius 2 is 1.14 bits per heavy atom. The summed E-state index contributed by atoms with van der Waals surface area (Å²) in [6.45, 7) is 7.49. The third-order valence-electron chi connectivity index (χ3n) is 17.3. The van der Waals surface area contributed by atoms with E-state index in [0.717, 1.165) is 48.2 Å². The zero-order valence-electron chi connectivity index (χ0n) is 28.8. The lowest BCUT2D eigenvalue weighted by atomic mass is 9.52. The van der Waals surface area contributed by atoms with E-state index >= 15 is 0 Å². The van der Waals surface area contributed by atoms with Crippen molar-refractivity contribution in [3.8, 4) is 24.7 Å². The van der Waals surface area contributed by atoms with E-state index in [4.69, 9.17) is 22.3 Å². The third kappa shape index (κ3) is 2.76. The molecule has 13 rings (SSSR count). The van der Waals surface area contributed by atoms with Gasteiger partial charge in [0, 0.05) is 60.7 Å². The molecule has 14 atom stereocenters. The molecule has 0 N–H and O–H groups in total. The number of quaternary nitrogens is 2. The van der Waals surface area contributed by atoms with E-state index < -0.39 is 0 Å². The molecule has 2 aliphatic carbocycles. The number of hydrogen-bond acceptors (Lipinski definition) is 4. The van der Waals surface area contributed by atoms with Gasteiger partial charge in [-0.25, -0.2) is 0 Å². The number of hydrogen-bond donors (Lipinski definition) is 0. The lowest BCUT2D eigenvalue weighted by Crippen LogP contribution is -2.78. The second-order valence-electron chi connectivity index (χ2n) is 18.1. The molecule has 0 radical (unpaired) electrons. The Balaban J connectivity index is 1.12. The normalized spacial score (nSPS) is 49.6. The van der Waals surface area contributed by atoms with Crippen molar-refractivity contribution < 1.29 is 18.4 Å². The highest BCUT2D eigenvalue weighted by Crippen LogP contribution is 2.72. The topological polar surface area (TPSA) is 24.9 Å². The van der Waals surface area contributed by atoms with E-state index in [9.17, 15) is 0 Å². The number of ether oxygens (including phenoxy) is 2. The highest BCUT2D eigenvalue weighted by atomic mass is 16.5. The number of piperidine rings is 2. The SMILES string of the molecule is C#CC[N@+]12CC[C@@]34c5ccccc5N5[C@@H]6OCC=C7C[N@+]8(CC#C)CC[C@]9%10c%11ccccc%11N([C@@H]%11OCC=C(C1)[C@H](C[C@@H]32)[C@@H]%11[C@H]54)[C@H]9[C@H]6[C@H]7C[C@@H]%108. The van der Waals surface area contributed by atoms with Crippen LogP contribution in [0.3, 0.4) is 0 Å². The zero-order chi connectivity index (χ0) is 32.8. The minimum atomic E-state index is -0.00209. The molecule has 50 heavy (non-hydrogen) atoms. The molecule has 0 amide bonds. The molecule has 252 valence electrons. The van der Waals surface area contributed by atoms with Crippen molar-refractivity contribution in [3.05, 3.63) is 83.0 Å². The summed E-state index contributed by atoms with van der Waals surface area (Å²) in [4.78, 5) is 5.87. The molecule has 7 fully saturated rings.